The average molecular weight is 374 g/mol. The van der Waals surface area contributed by atoms with Crippen LogP contribution in [-0.4, -0.2) is 58.9 Å². The summed E-state index contributed by atoms with van der Waals surface area (Å²) in [4.78, 5) is 14.1. The van der Waals surface area contributed by atoms with Crippen molar-refractivity contribution in [3.63, 3.8) is 0 Å². The van der Waals surface area contributed by atoms with Gasteiger partial charge >= 0.3 is 5.97 Å². The minimum absolute atomic E-state index is 0.166. The lowest BCUT2D eigenvalue weighted by Gasteiger charge is -2.28. The Morgan fingerprint density at radius 1 is 1.19 bits per heavy atom. The van der Waals surface area contributed by atoms with E-state index in [0.29, 0.717) is 26.2 Å². The molecule has 8 heteroatoms. The quantitative estimate of drug-likeness (QED) is 0.742. The largest absolute Gasteiger partial charge is 0.465 e. The highest BCUT2D eigenvalue weighted by Gasteiger charge is 2.31. The Bertz CT molecular complexity index is 788. The first-order chi connectivity index (χ1) is 12.8. The van der Waals surface area contributed by atoms with Crippen molar-refractivity contribution in [2.75, 3.05) is 37.8 Å². The minimum atomic E-state index is -0.218. The molecule has 3 heterocycles. The van der Waals surface area contributed by atoms with Crippen LogP contribution in [0, 0.1) is 0 Å². The fourth-order valence-electron chi connectivity index (χ4n) is 3.26. The fourth-order valence-corrected chi connectivity index (χ4v) is 4.26. The van der Waals surface area contributed by atoms with Gasteiger partial charge in [-0.25, -0.2) is 0 Å². The highest BCUT2D eigenvalue weighted by molar-refractivity contribution is 8.00. The molecule has 0 radical (unpaired) electrons. The lowest BCUT2D eigenvalue weighted by atomic mass is 10.1. The van der Waals surface area contributed by atoms with Crippen LogP contribution < -0.4 is 4.90 Å². The van der Waals surface area contributed by atoms with E-state index in [0.717, 1.165) is 36.3 Å². The topological polar surface area (TPSA) is 69.5 Å². The molecule has 2 aliphatic heterocycles. The Hall–Kier alpha value is -2.06. The molecule has 1 atom stereocenters. The summed E-state index contributed by atoms with van der Waals surface area (Å²) in [6.07, 6.45) is 1.62. The summed E-state index contributed by atoms with van der Waals surface area (Å²) in [6, 6.07) is 8.28. The van der Waals surface area contributed by atoms with Crippen molar-refractivity contribution in [1.82, 2.24) is 14.8 Å². The average Bonchev–Trinajstić information content (AvgIpc) is 3.29. The van der Waals surface area contributed by atoms with E-state index in [9.17, 15) is 4.79 Å². The van der Waals surface area contributed by atoms with Crippen LogP contribution in [-0.2, 0) is 20.7 Å². The molecule has 0 spiro atoms. The van der Waals surface area contributed by atoms with Gasteiger partial charge in [-0.05, 0) is 18.1 Å². The molecule has 2 saturated heterocycles. The molecule has 2 fully saturated rings. The number of carbonyl (C=O) groups excluding carboxylic acids is 1. The molecule has 2 aromatic rings. The summed E-state index contributed by atoms with van der Waals surface area (Å²) in [6.45, 7) is 5.54. The number of esters is 1. The lowest BCUT2D eigenvalue weighted by molar-refractivity contribution is -0.137. The van der Waals surface area contributed by atoms with E-state index in [-0.39, 0.29) is 11.2 Å². The summed E-state index contributed by atoms with van der Waals surface area (Å²) in [5, 5.41) is 9.41. The Morgan fingerprint density at radius 3 is 2.73 bits per heavy atom. The molecule has 0 bridgehead atoms. The number of aryl methyl sites for hydroxylation is 1. The maximum absolute atomic E-state index is 11.9. The molecule has 0 N–H and O–H groups in total. The van der Waals surface area contributed by atoms with Gasteiger partial charge < -0.3 is 14.4 Å². The number of thioether (sulfide) groups is 1. The second-order valence-corrected chi connectivity index (χ2v) is 7.43. The van der Waals surface area contributed by atoms with E-state index >= 15 is 0 Å². The number of hydrogen-bond donors (Lipinski definition) is 0. The van der Waals surface area contributed by atoms with Gasteiger partial charge in [-0.15, -0.1) is 10.2 Å². The van der Waals surface area contributed by atoms with Gasteiger partial charge in [-0.1, -0.05) is 36.9 Å². The zero-order chi connectivity index (χ0) is 17.9. The zero-order valence-corrected chi connectivity index (χ0v) is 15.6. The number of morpholine rings is 1. The SMILES string of the molecule is CCc1ccccc1-n1c(S[C@H]2CCOC2=O)nnc1N1CCOCC1. The van der Waals surface area contributed by atoms with Gasteiger partial charge in [-0.3, -0.25) is 9.36 Å². The molecule has 0 unspecified atom stereocenters. The number of ether oxygens (including phenoxy) is 2. The highest BCUT2D eigenvalue weighted by atomic mass is 32.2. The molecule has 1 aromatic heterocycles. The number of rotatable bonds is 5. The van der Waals surface area contributed by atoms with Crippen LogP contribution in [0.1, 0.15) is 18.9 Å². The zero-order valence-electron chi connectivity index (χ0n) is 14.8. The van der Waals surface area contributed by atoms with E-state index in [1.54, 1.807) is 0 Å². The molecule has 0 aliphatic carbocycles. The minimum Gasteiger partial charge on any atom is -0.465 e. The number of hydrogen-bond acceptors (Lipinski definition) is 7. The maximum atomic E-state index is 11.9. The van der Waals surface area contributed by atoms with Crippen molar-refractivity contribution in [1.29, 1.82) is 0 Å². The second-order valence-electron chi connectivity index (χ2n) is 6.26. The summed E-state index contributed by atoms with van der Waals surface area (Å²) < 4.78 is 12.7. The number of nitrogens with zero attached hydrogens (tertiary/aromatic N) is 4. The summed E-state index contributed by atoms with van der Waals surface area (Å²) in [5.41, 5.74) is 2.29. The third-order valence-electron chi connectivity index (χ3n) is 4.66. The van der Waals surface area contributed by atoms with Crippen LogP contribution in [0.3, 0.4) is 0 Å². The van der Waals surface area contributed by atoms with Crippen LogP contribution in [0.25, 0.3) is 5.69 Å². The van der Waals surface area contributed by atoms with Gasteiger partial charge in [-0.2, -0.15) is 0 Å². The lowest BCUT2D eigenvalue weighted by Crippen LogP contribution is -2.38. The molecule has 0 saturated carbocycles. The van der Waals surface area contributed by atoms with E-state index < -0.39 is 0 Å². The Morgan fingerprint density at radius 2 is 2.00 bits per heavy atom. The van der Waals surface area contributed by atoms with E-state index in [1.165, 1.54) is 17.3 Å². The molecular formula is C18H22N4O3S. The van der Waals surface area contributed by atoms with Crippen LogP contribution in [0.4, 0.5) is 5.95 Å². The molecule has 4 rings (SSSR count). The molecule has 26 heavy (non-hydrogen) atoms. The smallest absolute Gasteiger partial charge is 0.319 e. The van der Waals surface area contributed by atoms with Crippen molar-refractivity contribution in [3.05, 3.63) is 29.8 Å². The van der Waals surface area contributed by atoms with Gasteiger partial charge in [0, 0.05) is 19.5 Å². The standard InChI is InChI=1S/C18H22N4O3S/c1-2-13-5-3-4-6-14(13)22-17(21-8-11-24-12-9-21)19-20-18(22)26-15-7-10-25-16(15)23/h3-6,15H,2,7-12H2,1H3/t15-/m0/s1. The summed E-state index contributed by atoms with van der Waals surface area (Å²) >= 11 is 1.44. The molecule has 0 amide bonds. The second kappa shape index (κ2) is 7.67. The van der Waals surface area contributed by atoms with Gasteiger partial charge in [0.15, 0.2) is 5.16 Å². The highest BCUT2D eigenvalue weighted by Crippen LogP contribution is 2.34. The van der Waals surface area contributed by atoms with Gasteiger partial charge in [0.1, 0.15) is 5.25 Å². The predicted octanol–water partition coefficient (Wildman–Crippen LogP) is 2.07. The van der Waals surface area contributed by atoms with Crippen molar-refractivity contribution < 1.29 is 14.3 Å². The first-order valence-electron chi connectivity index (χ1n) is 8.97. The van der Waals surface area contributed by atoms with Gasteiger partial charge in [0.05, 0.1) is 25.5 Å². The third-order valence-corrected chi connectivity index (χ3v) is 5.85. The van der Waals surface area contributed by atoms with Crippen LogP contribution in [0.5, 0.6) is 0 Å². The normalized spacial score (nSPS) is 20.4. The van der Waals surface area contributed by atoms with Crippen LogP contribution in [0.2, 0.25) is 0 Å². The molecular weight excluding hydrogens is 352 g/mol. The van der Waals surface area contributed by atoms with Crippen molar-refractivity contribution in [2.45, 2.75) is 30.2 Å². The number of benzene rings is 1. The fraction of sp³-hybridized carbons (Fsp3) is 0.500. The van der Waals surface area contributed by atoms with E-state index in [4.69, 9.17) is 9.47 Å². The van der Waals surface area contributed by atoms with Crippen molar-refractivity contribution >= 4 is 23.7 Å². The van der Waals surface area contributed by atoms with Crippen LogP contribution in [0.15, 0.2) is 29.4 Å². The predicted molar refractivity (Wildman–Crippen MR) is 99.0 cm³/mol. The van der Waals surface area contributed by atoms with E-state index in [2.05, 4.69) is 38.7 Å². The first kappa shape index (κ1) is 17.4. The van der Waals surface area contributed by atoms with Crippen molar-refractivity contribution in [2.24, 2.45) is 0 Å². The molecule has 1 aromatic carbocycles. The number of carbonyl (C=O) groups is 1. The monoisotopic (exact) mass is 374 g/mol. The number of para-hydroxylation sites is 1. The number of anilines is 1. The van der Waals surface area contributed by atoms with E-state index in [1.807, 2.05) is 12.1 Å². The number of cyclic esters (lactones) is 1. The maximum Gasteiger partial charge on any atom is 0.319 e. The molecule has 138 valence electrons. The Labute approximate surface area is 156 Å². The first-order valence-corrected chi connectivity index (χ1v) is 9.85. The summed E-state index contributed by atoms with van der Waals surface area (Å²) in [7, 11) is 0. The van der Waals surface area contributed by atoms with Crippen LogP contribution >= 0.6 is 11.8 Å². The van der Waals surface area contributed by atoms with Gasteiger partial charge in [0.25, 0.3) is 0 Å². The Balaban J connectivity index is 1.76. The number of aromatic nitrogens is 3. The molecule has 7 nitrogen and oxygen atoms in total. The molecule has 2 aliphatic rings. The van der Waals surface area contributed by atoms with Gasteiger partial charge in [0.2, 0.25) is 5.95 Å². The Kier molecular flexibility index (Phi) is 5.12. The third kappa shape index (κ3) is 3.31. The summed E-state index contributed by atoms with van der Waals surface area (Å²) in [5.74, 6) is 0.643. The van der Waals surface area contributed by atoms with Crippen molar-refractivity contribution in [3.8, 4) is 5.69 Å².